The maximum atomic E-state index is 12.8. The third-order valence-electron chi connectivity index (χ3n) is 2.86. The second-order valence-electron chi connectivity index (χ2n) is 4.17. The molecule has 3 heteroatoms. The first-order valence-electron chi connectivity index (χ1n) is 6.20. The summed E-state index contributed by atoms with van der Waals surface area (Å²) in [6.07, 6.45) is 2.02. The van der Waals surface area contributed by atoms with Gasteiger partial charge in [-0.1, -0.05) is 18.2 Å². The fraction of sp³-hybridized carbons (Fsp3) is 0.125. The van der Waals surface area contributed by atoms with Gasteiger partial charge < -0.3 is 10.6 Å². The van der Waals surface area contributed by atoms with Crippen LogP contribution in [0.1, 0.15) is 12.5 Å². The highest BCUT2D eigenvalue weighted by molar-refractivity contribution is 5.69. The van der Waals surface area contributed by atoms with E-state index in [0.717, 1.165) is 22.6 Å². The van der Waals surface area contributed by atoms with Crippen LogP contribution in [0, 0.1) is 5.82 Å². The monoisotopic (exact) mass is 256 g/mol. The molecule has 0 amide bonds. The highest BCUT2D eigenvalue weighted by Crippen LogP contribution is 2.20. The fourth-order valence-electron chi connectivity index (χ4n) is 1.92. The first-order valence-corrected chi connectivity index (χ1v) is 6.20. The molecular weight excluding hydrogens is 239 g/mol. The number of benzene rings is 2. The highest BCUT2D eigenvalue weighted by atomic mass is 19.1. The quantitative estimate of drug-likeness (QED) is 0.858. The van der Waals surface area contributed by atoms with Gasteiger partial charge in [-0.2, -0.15) is 0 Å². The SMILES string of the molecule is C/C=C(\NC)c1cccc(Nc2ccc(F)cc2)c1. The van der Waals surface area contributed by atoms with Crippen molar-refractivity contribution >= 4 is 17.1 Å². The summed E-state index contributed by atoms with van der Waals surface area (Å²) >= 11 is 0. The van der Waals surface area contributed by atoms with Gasteiger partial charge in [0.25, 0.3) is 0 Å². The summed E-state index contributed by atoms with van der Waals surface area (Å²) in [7, 11) is 1.90. The van der Waals surface area contributed by atoms with Crippen LogP contribution in [-0.2, 0) is 0 Å². The Balaban J connectivity index is 2.22. The smallest absolute Gasteiger partial charge is 0.123 e. The molecule has 2 N–H and O–H groups in total. The van der Waals surface area contributed by atoms with Crippen LogP contribution in [0.25, 0.3) is 5.70 Å². The molecule has 0 heterocycles. The van der Waals surface area contributed by atoms with Crippen molar-refractivity contribution in [3.05, 3.63) is 66.0 Å². The Bertz CT molecular complexity index is 574. The topological polar surface area (TPSA) is 24.1 Å². The fourth-order valence-corrected chi connectivity index (χ4v) is 1.92. The van der Waals surface area contributed by atoms with Crippen molar-refractivity contribution in [1.29, 1.82) is 0 Å². The number of anilines is 2. The normalized spacial score (nSPS) is 11.2. The van der Waals surface area contributed by atoms with Gasteiger partial charge >= 0.3 is 0 Å². The molecule has 0 saturated heterocycles. The van der Waals surface area contributed by atoms with Crippen LogP contribution >= 0.6 is 0 Å². The zero-order valence-electron chi connectivity index (χ0n) is 11.1. The summed E-state index contributed by atoms with van der Waals surface area (Å²) in [5.41, 5.74) is 4.02. The molecule has 19 heavy (non-hydrogen) atoms. The summed E-state index contributed by atoms with van der Waals surface area (Å²) in [5, 5.41) is 6.40. The zero-order chi connectivity index (χ0) is 13.7. The van der Waals surface area contributed by atoms with Crippen molar-refractivity contribution in [3.63, 3.8) is 0 Å². The van der Waals surface area contributed by atoms with Crippen LogP contribution in [0.4, 0.5) is 15.8 Å². The van der Waals surface area contributed by atoms with Gasteiger partial charge in [-0.25, -0.2) is 4.39 Å². The molecule has 2 nitrogen and oxygen atoms in total. The second kappa shape index (κ2) is 6.05. The van der Waals surface area contributed by atoms with Crippen molar-refractivity contribution in [1.82, 2.24) is 5.32 Å². The third kappa shape index (κ3) is 3.35. The molecule has 2 rings (SSSR count). The van der Waals surface area contributed by atoms with Crippen LogP contribution in [0.15, 0.2) is 54.6 Å². The van der Waals surface area contributed by atoms with Gasteiger partial charge in [-0.3, -0.25) is 0 Å². The van der Waals surface area contributed by atoms with Crippen molar-refractivity contribution in [3.8, 4) is 0 Å². The first kappa shape index (κ1) is 13.1. The molecule has 0 saturated carbocycles. The summed E-state index contributed by atoms with van der Waals surface area (Å²) in [5.74, 6) is -0.231. The molecule has 0 bridgehead atoms. The minimum Gasteiger partial charge on any atom is -0.388 e. The van der Waals surface area contributed by atoms with E-state index >= 15 is 0 Å². The molecule has 2 aromatic rings. The minimum atomic E-state index is -0.231. The van der Waals surface area contributed by atoms with Crippen molar-refractivity contribution in [2.24, 2.45) is 0 Å². The predicted octanol–water partition coefficient (Wildman–Crippen LogP) is 4.15. The zero-order valence-corrected chi connectivity index (χ0v) is 11.1. The van der Waals surface area contributed by atoms with E-state index in [2.05, 4.69) is 16.7 Å². The summed E-state index contributed by atoms with van der Waals surface area (Å²) < 4.78 is 12.8. The van der Waals surface area contributed by atoms with Crippen LogP contribution in [0.3, 0.4) is 0 Å². The van der Waals surface area contributed by atoms with Crippen molar-refractivity contribution in [2.75, 3.05) is 12.4 Å². The maximum absolute atomic E-state index is 12.8. The molecule has 0 radical (unpaired) electrons. The maximum Gasteiger partial charge on any atom is 0.123 e. The summed E-state index contributed by atoms with van der Waals surface area (Å²) in [6, 6.07) is 14.4. The van der Waals surface area contributed by atoms with Gasteiger partial charge in [-0.05, 0) is 48.9 Å². The Labute approximate surface area is 113 Å². The average molecular weight is 256 g/mol. The van der Waals surface area contributed by atoms with Gasteiger partial charge in [0.1, 0.15) is 5.82 Å². The second-order valence-corrected chi connectivity index (χ2v) is 4.17. The van der Waals surface area contributed by atoms with Crippen molar-refractivity contribution in [2.45, 2.75) is 6.92 Å². The lowest BCUT2D eigenvalue weighted by atomic mass is 10.1. The lowest BCUT2D eigenvalue weighted by Gasteiger charge is -2.10. The molecule has 0 aromatic heterocycles. The predicted molar refractivity (Wildman–Crippen MR) is 78.8 cm³/mol. The molecular formula is C16H17FN2. The molecule has 0 aliphatic rings. The van der Waals surface area contributed by atoms with Crippen LogP contribution in [0.2, 0.25) is 0 Å². The Morgan fingerprint density at radius 3 is 2.42 bits per heavy atom. The largest absolute Gasteiger partial charge is 0.388 e. The molecule has 0 fully saturated rings. The summed E-state index contributed by atoms with van der Waals surface area (Å²) in [6.45, 7) is 1.99. The Morgan fingerprint density at radius 2 is 1.79 bits per heavy atom. The van der Waals surface area contributed by atoms with Gasteiger partial charge in [0.15, 0.2) is 0 Å². The van der Waals surface area contributed by atoms with E-state index in [9.17, 15) is 4.39 Å². The highest BCUT2D eigenvalue weighted by Gasteiger charge is 2.00. The molecule has 0 atom stereocenters. The number of halogens is 1. The molecule has 2 aromatic carbocycles. The van der Waals surface area contributed by atoms with Crippen LogP contribution in [0.5, 0.6) is 0 Å². The lowest BCUT2D eigenvalue weighted by molar-refractivity contribution is 0.628. The summed E-state index contributed by atoms with van der Waals surface area (Å²) in [4.78, 5) is 0. The standard InChI is InChI=1S/C16H17FN2/c1-3-16(18-2)12-5-4-6-15(11-12)19-14-9-7-13(17)8-10-14/h3-11,18-19H,1-2H3/b16-3-. The number of hydrogen-bond donors (Lipinski definition) is 2. The number of rotatable bonds is 4. The van der Waals surface area contributed by atoms with Gasteiger partial charge in [0, 0.05) is 24.1 Å². The lowest BCUT2D eigenvalue weighted by Crippen LogP contribution is -2.04. The van der Waals surface area contributed by atoms with Crippen LogP contribution < -0.4 is 10.6 Å². The Hall–Kier alpha value is -2.29. The molecule has 0 unspecified atom stereocenters. The van der Waals surface area contributed by atoms with E-state index in [1.54, 1.807) is 12.1 Å². The number of nitrogens with one attached hydrogen (secondary N) is 2. The average Bonchev–Trinajstić information content (AvgIpc) is 2.43. The van der Waals surface area contributed by atoms with E-state index in [0.29, 0.717) is 0 Å². The third-order valence-corrected chi connectivity index (χ3v) is 2.86. The number of hydrogen-bond acceptors (Lipinski definition) is 2. The van der Waals surface area contributed by atoms with E-state index < -0.39 is 0 Å². The molecule has 98 valence electrons. The molecule has 0 aliphatic heterocycles. The van der Waals surface area contributed by atoms with E-state index in [1.165, 1.54) is 12.1 Å². The van der Waals surface area contributed by atoms with E-state index in [4.69, 9.17) is 0 Å². The number of allylic oxidation sites excluding steroid dienone is 1. The molecule has 0 spiro atoms. The van der Waals surface area contributed by atoms with E-state index in [-0.39, 0.29) is 5.82 Å². The Kier molecular flexibility index (Phi) is 4.18. The minimum absolute atomic E-state index is 0.231. The van der Waals surface area contributed by atoms with E-state index in [1.807, 2.05) is 38.2 Å². The van der Waals surface area contributed by atoms with Gasteiger partial charge in [0.05, 0.1) is 0 Å². The molecule has 0 aliphatic carbocycles. The van der Waals surface area contributed by atoms with Gasteiger partial charge in [0.2, 0.25) is 0 Å². The first-order chi connectivity index (χ1) is 9.22. The Morgan fingerprint density at radius 1 is 1.05 bits per heavy atom. The van der Waals surface area contributed by atoms with Crippen molar-refractivity contribution < 1.29 is 4.39 Å². The van der Waals surface area contributed by atoms with Crippen LogP contribution in [-0.4, -0.2) is 7.05 Å². The van der Waals surface area contributed by atoms with Gasteiger partial charge in [-0.15, -0.1) is 0 Å².